The van der Waals surface area contributed by atoms with Gasteiger partial charge in [0.25, 0.3) is 11.8 Å². The maximum Gasteiger partial charge on any atom is 0.255 e. The van der Waals surface area contributed by atoms with E-state index in [4.69, 9.17) is 11.6 Å². The molecule has 2 aromatic rings. The molecule has 3 rings (SSSR count). The number of halogens is 2. The fourth-order valence-corrected chi connectivity index (χ4v) is 2.79. The molecule has 2 N–H and O–H groups in total. The van der Waals surface area contributed by atoms with Crippen LogP contribution in [0.15, 0.2) is 42.5 Å². The van der Waals surface area contributed by atoms with Crippen LogP contribution in [0.1, 0.15) is 20.7 Å². The van der Waals surface area contributed by atoms with Gasteiger partial charge in [-0.2, -0.15) is 0 Å². The molecule has 1 fully saturated rings. The molecule has 130 valence electrons. The van der Waals surface area contributed by atoms with Crippen LogP contribution in [-0.2, 0) is 0 Å². The van der Waals surface area contributed by atoms with Crippen molar-refractivity contribution in [1.29, 1.82) is 0 Å². The molecule has 0 radical (unpaired) electrons. The largest absolute Gasteiger partial charge is 0.336 e. The third-order valence-corrected chi connectivity index (χ3v) is 4.28. The highest BCUT2D eigenvalue weighted by Gasteiger charge is 2.19. The molecule has 0 aliphatic carbocycles. The lowest BCUT2D eigenvalue weighted by Crippen LogP contribution is -2.46. The zero-order valence-electron chi connectivity index (χ0n) is 13.4. The van der Waals surface area contributed by atoms with Crippen molar-refractivity contribution in [3.63, 3.8) is 0 Å². The summed E-state index contributed by atoms with van der Waals surface area (Å²) in [5, 5.41) is 6.13. The van der Waals surface area contributed by atoms with Crippen molar-refractivity contribution in [3.05, 3.63) is 64.4 Å². The molecule has 0 unspecified atom stereocenters. The molecular weight excluding hydrogens is 345 g/mol. The van der Waals surface area contributed by atoms with E-state index in [1.807, 2.05) is 0 Å². The lowest BCUT2D eigenvalue weighted by atomic mass is 10.1. The summed E-state index contributed by atoms with van der Waals surface area (Å²) in [7, 11) is 0. The van der Waals surface area contributed by atoms with Crippen LogP contribution >= 0.6 is 11.6 Å². The maximum atomic E-state index is 13.3. The molecule has 0 bridgehead atoms. The first kappa shape index (κ1) is 17.4. The summed E-state index contributed by atoms with van der Waals surface area (Å²) in [4.78, 5) is 26.6. The molecule has 2 amide bonds. The maximum absolute atomic E-state index is 13.3. The number of benzene rings is 2. The number of carbonyl (C=O) groups excluding carboxylic acids is 2. The summed E-state index contributed by atoms with van der Waals surface area (Å²) < 4.78 is 13.3. The predicted molar refractivity (Wildman–Crippen MR) is 94.6 cm³/mol. The van der Waals surface area contributed by atoms with E-state index in [9.17, 15) is 14.0 Å². The van der Waals surface area contributed by atoms with Crippen molar-refractivity contribution in [2.45, 2.75) is 0 Å². The second kappa shape index (κ2) is 7.63. The van der Waals surface area contributed by atoms with Crippen LogP contribution < -0.4 is 10.6 Å². The van der Waals surface area contributed by atoms with Gasteiger partial charge in [0.05, 0.1) is 10.7 Å². The third kappa shape index (κ3) is 4.15. The van der Waals surface area contributed by atoms with E-state index in [-0.39, 0.29) is 11.5 Å². The van der Waals surface area contributed by atoms with Gasteiger partial charge >= 0.3 is 0 Å². The van der Waals surface area contributed by atoms with Gasteiger partial charge in [0.15, 0.2) is 0 Å². The number of amides is 2. The first-order chi connectivity index (χ1) is 12.0. The Bertz CT molecular complexity index is 807. The minimum Gasteiger partial charge on any atom is -0.336 e. The lowest BCUT2D eigenvalue weighted by molar-refractivity contribution is 0.0735. The van der Waals surface area contributed by atoms with Crippen LogP contribution in [0, 0.1) is 5.82 Å². The van der Waals surface area contributed by atoms with E-state index in [1.54, 1.807) is 23.1 Å². The van der Waals surface area contributed by atoms with Crippen molar-refractivity contribution in [2.75, 3.05) is 31.5 Å². The van der Waals surface area contributed by atoms with Crippen molar-refractivity contribution in [2.24, 2.45) is 0 Å². The first-order valence-corrected chi connectivity index (χ1v) is 8.29. The van der Waals surface area contributed by atoms with Crippen LogP contribution in [0.3, 0.4) is 0 Å². The zero-order valence-corrected chi connectivity index (χ0v) is 14.1. The van der Waals surface area contributed by atoms with Gasteiger partial charge in [-0.1, -0.05) is 17.7 Å². The normalized spacial score (nSPS) is 14.2. The van der Waals surface area contributed by atoms with Crippen LogP contribution in [0.25, 0.3) is 0 Å². The van der Waals surface area contributed by atoms with Crippen LogP contribution in [0.4, 0.5) is 10.1 Å². The van der Waals surface area contributed by atoms with E-state index in [1.165, 1.54) is 18.2 Å². The average Bonchev–Trinajstić information content (AvgIpc) is 2.63. The van der Waals surface area contributed by atoms with E-state index >= 15 is 0 Å². The molecular formula is C18H17ClFN3O2. The molecule has 2 aromatic carbocycles. The molecule has 0 spiro atoms. The SMILES string of the molecule is O=C(Nc1cc(C(=O)N2CCNCC2)ccc1Cl)c1cccc(F)c1. The van der Waals surface area contributed by atoms with E-state index < -0.39 is 11.7 Å². The Kier molecular flexibility index (Phi) is 5.31. The number of hydrogen-bond donors (Lipinski definition) is 2. The number of piperazine rings is 1. The Hall–Kier alpha value is -2.44. The lowest BCUT2D eigenvalue weighted by Gasteiger charge is -2.27. The Morgan fingerprint density at radius 2 is 1.84 bits per heavy atom. The molecule has 0 saturated carbocycles. The highest BCUT2D eigenvalue weighted by Crippen LogP contribution is 2.24. The van der Waals surface area contributed by atoms with E-state index in [0.717, 1.165) is 19.2 Å². The quantitative estimate of drug-likeness (QED) is 0.883. The van der Waals surface area contributed by atoms with Gasteiger partial charge in [0.2, 0.25) is 0 Å². The predicted octanol–water partition coefficient (Wildman–Crippen LogP) is 2.78. The second-order valence-corrected chi connectivity index (χ2v) is 6.11. The molecule has 5 nitrogen and oxygen atoms in total. The molecule has 7 heteroatoms. The van der Waals surface area contributed by atoms with Crippen molar-refractivity contribution in [1.82, 2.24) is 10.2 Å². The van der Waals surface area contributed by atoms with Crippen molar-refractivity contribution in [3.8, 4) is 0 Å². The Morgan fingerprint density at radius 3 is 2.56 bits per heavy atom. The van der Waals surface area contributed by atoms with Gasteiger partial charge in [0.1, 0.15) is 5.82 Å². The van der Waals surface area contributed by atoms with Gasteiger partial charge in [-0.05, 0) is 36.4 Å². The first-order valence-electron chi connectivity index (χ1n) is 7.91. The molecule has 1 aliphatic heterocycles. The average molecular weight is 362 g/mol. The number of nitrogens with one attached hydrogen (secondary N) is 2. The zero-order chi connectivity index (χ0) is 17.8. The number of hydrogen-bond acceptors (Lipinski definition) is 3. The van der Waals surface area contributed by atoms with Crippen LogP contribution in [-0.4, -0.2) is 42.9 Å². The smallest absolute Gasteiger partial charge is 0.255 e. The van der Waals surface area contributed by atoms with E-state index in [2.05, 4.69) is 10.6 Å². The molecule has 1 heterocycles. The number of rotatable bonds is 3. The van der Waals surface area contributed by atoms with Gasteiger partial charge in [-0.25, -0.2) is 4.39 Å². The van der Waals surface area contributed by atoms with Crippen molar-refractivity contribution < 1.29 is 14.0 Å². The fraction of sp³-hybridized carbons (Fsp3) is 0.222. The Morgan fingerprint density at radius 1 is 1.08 bits per heavy atom. The minimum atomic E-state index is -0.499. The molecule has 1 saturated heterocycles. The summed E-state index contributed by atoms with van der Waals surface area (Å²) in [6.45, 7) is 2.77. The molecule has 25 heavy (non-hydrogen) atoms. The molecule has 0 atom stereocenters. The standard InChI is InChI=1S/C18H17ClFN3O2/c19-15-5-4-13(18(25)23-8-6-21-7-9-23)11-16(15)22-17(24)12-2-1-3-14(20)10-12/h1-5,10-11,21H,6-9H2,(H,22,24). The highest BCUT2D eigenvalue weighted by molar-refractivity contribution is 6.34. The highest BCUT2D eigenvalue weighted by atomic mass is 35.5. The number of carbonyl (C=O) groups is 2. The second-order valence-electron chi connectivity index (χ2n) is 5.70. The third-order valence-electron chi connectivity index (χ3n) is 3.95. The molecule has 1 aliphatic rings. The van der Waals surface area contributed by atoms with Gasteiger partial charge in [-0.3, -0.25) is 9.59 Å². The number of nitrogens with zero attached hydrogens (tertiary/aromatic N) is 1. The number of anilines is 1. The van der Waals surface area contributed by atoms with Gasteiger partial charge in [0, 0.05) is 37.3 Å². The van der Waals surface area contributed by atoms with Gasteiger partial charge < -0.3 is 15.5 Å². The van der Waals surface area contributed by atoms with Crippen molar-refractivity contribution >= 4 is 29.1 Å². The summed E-state index contributed by atoms with van der Waals surface area (Å²) in [5.74, 6) is -1.10. The summed E-state index contributed by atoms with van der Waals surface area (Å²) in [6, 6.07) is 10.1. The monoisotopic (exact) mass is 361 g/mol. The summed E-state index contributed by atoms with van der Waals surface area (Å²) in [5.41, 5.74) is 0.938. The molecule has 0 aromatic heterocycles. The Balaban J connectivity index is 1.79. The van der Waals surface area contributed by atoms with Crippen LogP contribution in [0.5, 0.6) is 0 Å². The summed E-state index contributed by atoms with van der Waals surface area (Å²) >= 11 is 6.13. The summed E-state index contributed by atoms with van der Waals surface area (Å²) in [6.07, 6.45) is 0. The fourth-order valence-electron chi connectivity index (χ4n) is 2.63. The van der Waals surface area contributed by atoms with E-state index in [0.29, 0.717) is 29.4 Å². The van der Waals surface area contributed by atoms with Crippen LogP contribution in [0.2, 0.25) is 5.02 Å². The topological polar surface area (TPSA) is 61.4 Å². The minimum absolute atomic E-state index is 0.112. The van der Waals surface area contributed by atoms with Gasteiger partial charge in [-0.15, -0.1) is 0 Å². The Labute approximate surface area is 149 Å².